The van der Waals surface area contributed by atoms with E-state index in [9.17, 15) is 4.79 Å². The number of fused-ring (bicyclic) bond motifs is 1. The molecule has 1 aromatic rings. The number of ketones is 1. The van der Waals surface area contributed by atoms with Crippen LogP contribution in [0.3, 0.4) is 0 Å². The maximum atomic E-state index is 12.7. The molecule has 116 valence electrons. The summed E-state index contributed by atoms with van der Waals surface area (Å²) in [6, 6.07) is 7.82. The van der Waals surface area contributed by atoms with Gasteiger partial charge in [-0.3, -0.25) is 4.79 Å². The number of aryl methyl sites for hydroxylation is 2. The van der Waals surface area contributed by atoms with Crippen molar-refractivity contribution < 1.29 is 4.79 Å². The maximum Gasteiger partial charge on any atom is 0.163 e. The number of rotatable bonds is 3. The smallest absolute Gasteiger partial charge is 0.163 e. The number of hydrogen-bond donors (Lipinski definition) is 0. The molecule has 0 aromatic heterocycles. The van der Waals surface area contributed by atoms with Gasteiger partial charge in [-0.15, -0.1) is 0 Å². The Hall–Kier alpha value is -0.893. The molecule has 21 heavy (non-hydrogen) atoms. The van der Waals surface area contributed by atoms with E-state index >= 15 is 0 Å². The highest BCUT2D eigenvalue weighted by Gasteiger charge is 2.19. The van der Waals surface area contributed by atoms with Crippen LogP contribution in [0.25, 0.3) is 0 Å². The molecule has 0 radical (unpaired) electrons. The first-order valence-corrected chi connectivity index (χ1v) is 12.3. The SMILES string of the molecule is C[Si](C)(C)CCc1cccc2c1C(=O)CCCCCCC2. The van der Waals surface area contributed by atoms with Gasteiger partial charge in [-0.05, 0) is 36.8 Å². The summed E-state index contributed by atoms with van der Waals surface area (Å²) in [5.41, 5.74) is 3.73. The lowest BCUT2D eigenvalue weighted by atomic mass is 9.89. The van der Waals surface area contributed by atoms with Gasteiger partial charge in [-0.1, -0.05) is 63.1 Å². The van der Waals surface area contributed by atoms with Crippen LogP contribution in [0.4, 0.5) is 0 Å². The standard InChI is InChI=1S/C19H30OSi/c1-21(2,3)15-14-17-12-9-11-16-10-7-5-4-6-8-13-18(20)19(16)17/h9,11-12H,4-8,10,13-15H2,1-3H3. The Morgan fingerprint density at radius 2 is 1.62 bits per heavy atom. The van der Waals surface area contributed by atoms with Gasteiger partial charge in [0.1, 0.15) is 0 Å². The molecule has 0 spiro atoms. The van der Waals surface area contributed by atoms with Gasteiger partial charge in [0.25, 0.3) is 0 Å². The van der Waals surface area contributed by atoms with Gasteiger partial charge in [0.15, 0.2) is 5.78 Å². The fraction of sp³-hybridized carbons (Fsp3) is 0.632. The van der Waals surface area contributed by atoms with Gasteiger partial charge < -0.3 is 0 Å². The molecule has 0 amide bonds. The van der Waals surface area contributed by atoms with Crippen LogP contribution < -0.4 is 0 Å². The summed E-state index contributed by atoms with van der Waals surface area (Å²) in [6.45, 7) is 7.24. The van der Waals surface area contributed by atoms with Crippen LogP contribution in [-0.2, 0) is 12.8 Å². The third-order valence-electron chi connectivity index (χ3n) is 4.51. The van der Waals surface area contributed by atoms with E-state index in [-0.39, 0.29) is 0 Å². The van der Waals surface area contributed by atoms with E-state index in [2.05, 4.69) is 37.8 Å². The first-order valence-electron chi connectivity index (χ1n) is 8.61. The Morgan fingerprint density at radius 3 is 2.33 bits per heavy atom. The van der Waals surface area contributed by atoms with Crippen molar-refractivity contribution in [2.24, 2.45) is 0 Å². The molecular formula is C19H30OSi. The lowest BCUT2D eigenvalue weighted by molar-refractivity contribution is 0.0976. The van der Waals surface area contributed by atoms with Crippen molar-refractivity contribution in [3.8, 4) is 0 Å². The number of Topliss-reactive ketones (excluding diaryl/α,β-unsaturated/α-hetero) is 1. The second kappa shape index (κ2) is 7.39. The molecule has 0 heterocycles. The average Bonchev–Trinajstić information content (AvgIpc) is 2.43. The molecule has 2 rings (SSSR count). The van der Waals surface area contributed by atoms with Crippen molar-refractivity contribution in [2.75, 3.05) is 0 Å². The van der Waals surface area contributed by atoms with Gasteiger partial charge in [0.2, 0.25) is 0 Å². The van der Waals surface area contributed by atoms with Gasteiger partial charge in [-0.2, -0.15) is 0 Å². The van der Waals surface area contributed by atoms with Gasteiger partial charge in [0.05, 0.1) is 0 Å². The second-order valence-corrected chi connectivity index (χ2v) is 13.3. The minimum atomic E-state index is -1.06. The van der Waals surface area contributed by atoms with Crippen molar-refractivity contribution in [2.45, 2.75) is 77.1 Å². The highest BCUT2D eigenvalue weighted by atomic mass is 28.3. The van der Waals surface area contributed by atoms with Crippen molar-refractivity contribution in [1.82, 2.24) is 0 Å². The van der Waals surface area contributed by atoms with Crippen LogP contribution >= 0.6 is 0 Å². The zero-order chi connectivity index (χ0) is 15.3. The molecule has 0 bridgehead atoms. The Balaban J connectivity index is 2.27. The monoisotopic (exact) mass is 302 g/mol. The third kappa shape index (κ3) is 5.10. The van der Waals surface area contributed by atoms with E-state index in [0.717, 1.165) is 31.2 Å². The summed E-state index contributed by atoms with van der Waals surface area (Å²) in [4.78, 5) is 12.7. The van der Waals surface area contributed by atoms with Crippen LogP contribution in [-0.4, -0.2) is 13.9 Å². The molecule has 0 atom stereocenters. The molecule has 1 aliphatic carbocycles. The second-order valence-electron chi connectivity index (χ2n) is 7.70. The van der Waals surface area contributed by atoms with Crippen molar-refractivity contribution in [1.29, 1.82) is 0 Å². The summed E-state index contributed by atoms with van der Waals surface area (Å²) in [5.74, 6) is 0.401. The van der Waals surface area contributed by atoms with Crippen LogP contribution in [0.15, 0.2) is 18.2 Å². The van der Waals surface area contributed by atoms with Crippen molar-refractivity contribution in [3.63, 3.8) is 0 Å². The third-order valence-corrected chi connectivity index (χ3v) is 6.26. The zero-order valence-corrected chi connectivity index (χ0v) is 15.0. The predicted molar refractivity (Wildman–Crippen MR) is 94.0 cm³/mol. The summed E-state index contributed by atoms with van der Waals surface area (Å²) in [6.07, 6.45) is 9.05. The van der Waals surface area contributed by atoms with E-state index in [4.69, 9.17) is 0 Å². The van der Waals surface area contributed by atoms with Crippen LogP contribution in [0.2, 0.25) is 25.7 Å². The molecule has 0 saturated heterocycles. The quantitative estimate of drug-likeness (QED) is 0.660. The highest BCUT2D eigenvalue weighted by Crippen LogP contribution is 2.25. The molecule has 0 saturated carbocycles. The first kappa shape index (κ1) is 16.5. The number of hydrogen-bond acceptors (Lipinski definition) is 1. The number of carbonyl (C=O) groups is 1. The fourth-order valence-electron chi connectivity index (χ4n) is 3.19. The molecule has 0 unspecified atom stereocenters. The molecule has 1 aliphatic rings. The van der Waals surface area contributed by atoms with Gasteiger partial charge in [0, 0.05) is 20.1 Å². The van der Waals surface area contributed by atoms with E-state index in [1.165, 1.54) is 42.9 Å². The van der Waals surface area contributed by atoms with Crippen molar-refractivity contribution in [3.05, 3.63) is 34.9 Å². The lowest BCUT2D eigenvalue weighted by Crippen LogP contribution is -2.21. The summed E-state index contributed by atoms with van der Waals surface area (Å²) >= 11 is 0. The average molecular weight is 303 g/mol. The zero-order valence-electron chi connectivity index (χ0n) is 14.0. The first-order chi connectivity index (χ1) is 9.97. The molecule has 0 aliphatic heterocycles. The molecule has 0 fully saturated rings. The largest absolute Gasteiger partial charge is 0.294 e. The molecule has 1 nitrogen and oxygen atoms in total. The Kier molecular flexibility index (Phi) is 5.80. The number of carbonyl (C=O) groups excluding carboxylic acids is 1. The Morgan fingerprint density at radius 1 is 0.952 bits per heavy atom. The summed E-state index contributed by atoms with van der Waals surface area (Å²) in [7, 11) is -1.06. The Bertz CT molecular complexity index is 485. The maximum absolute atomic E-state index is 12.7. The minimum Gasteiger partial charge on any atom is -0.294 e. The topological polar surface area (TPSA) is 17.1 Å². The molecule has 1 aromatic carbocycles. The number of benzene rings is 1. The summed E-state index contributed by atoms with van der Waals surface area (Å²) < 4.78 is 0. The van der Waals surface area contributed by atoms with E-state index in [1.807, 2.05) is 0 Å². The van der Waals surface area contributed by atoms with Gasteiger partial charge >= 0.3 is 0 Å². The molecular weight excluding hydrogens is 272 g/mol. The van der Waals surface area contributed by atoms with E-state index in [0.29, 0.717) is 5.78 Å². The summed E-state index contributed by atoms with van der Waals surface area (Å²) in [5, 5.41) is 0. The van der Waals surface area contributed by atoms with Crippen LogP contribution in [0.1, 0.15) is 60.0 Å². The van der Waals surface area contributed by atoms with E-state index < -0.39 is 8.07 Å². The normalized spacial score (nSPS) is 17.4. The predicted octanol–water partition coefficient (Wildman–Crippen LogP) is 5.65. The van der Waals surface area contributed by atoms with E-state index in [1.54, 1.807) is 0 Å². The molecule has 0 N–H and O–H groups in total. The van der Waals surface area contributed by atoms with Crippen LogP contribution in [0, 0.1) is 0 Å². The fourth-order valence-corrected chi connectivity index (χ4v) is 4.21. The lowest BCUT2D eigenvalue weighted by Gasteiger charge is -2.19. The Labute approximate surface area is 131 Å². The minimum absolute atomic E-state index is 0.401. The van der Waals surface area contributed by atoms with Gasteiger partial charge in [-0.25, -0.2) is 0 Å². The van der Waals surface area contributed by atoms with Crippen LogP contribution in [0.5, 0.6) is 0 Å². The van der Waals surface area contributed by atoms with Crippen molar-refractivity contribution >= 4 is 13.9 Å². The highest BCUT2D eigenvalue weighted by molar-refractivity contribution is 6.76. The molecule has 2 heteroatoms.